The van der Waals surface area contributed by atoms with Crippen LogP contribution >= 0.6 is 0 Å². The Morgan fingerprint density at radius 3 is 2.00 bits per heavy atom. The second-order valence-electron chi connectivity index (χ2n) is 4.26. The summed E-state index contributed by atoms with van der Waals surface area (Å²) in [5.74, 6) is -3.46. The molecule has 0 radical (unpaired) electrons. The average molecular weight is 253 g/mol. The van der Waals surface area contributed by atoms with E-state index in [1.54, 1.807) is 0 Å². The quantitative estimate of drug-likeness (QED) is 0.816. The van der Waals surface area contributed by atoms with Gasteiger partial charge >= 0.3 is 18.1 Å². The largest absolute Gasteiger partial charge is 0.479 e. The van der Waals surface area contributed by atoms with Crippen LogP contribution in [0.15, 0.2) is 0 Å². The molecular weight excluding hydrogens is 239 g/mol. The van der Waals surface area contributed by atoms with E-state index >= 15 is 0 Å². The van der Waals surface area contributed by atoms with Gasteiger partial charge in [0, 0.05) is 7.05 Å². The fourth-order valence-electron chi connectivity index (χ4n) is 2.21. The van der Waals surface area contributed by atoms with Gasteiger partial charge in [-0.3, -0.25) is 4.79 Å². The van der Waals surface area contributed by atoms with E-state index in [4.69, 9.17) is 5.11 Å². The first-order valence-electron chi connectivity index (χ1n) is 5.30. The van der Waals surface area contributed by atoms with Gasteiger partial charge in [0.15, 0.2) is 0 Å². The van der Waals surface area contributed by atoms with Gasteiger partial charge in [-0.1, -0.05) is 19.3 Å². The molecule has 0 aromatic rings. The van der Waals surface area contributed by atoms with Gasteiger partial charge in [-0.15, -0.1) is 0 Å². The molecule has 0 saturated heterocycles. The third-order valence-electron chi connectivity index (χ3n) is 3.27. The minimum atomic E-state index is -5.03. The maximum absolute atomic E-state index is 12.3. The molecule has 0 aliphatic heterocycles. The first-order valence-corrected chi connectivity index (χ1v) is 5.30. The van der Waals surface area contributed by atoms with Crippen LogP contribution in [0.5, 0.6) is 0 Å². The molecule has 1 fully saturated rings. The van der Waals surface area contributed by atoms with Crippen molar-refractivity contribution < 1.29 is 27.9 Å². The molecule has 1 aliphatic carbocycles. The molecule has 1 amide bonds. The molecule has 0 aromatic heterocycles. The van der Waals surface area contributed by atoms with E-state index in [9.17, 15) is 22.8 Å². The number of nitrogens with zero attached hydrogens (tertiary/aromatic N) is 1. The highest BCUT2D eigenvalue weighted by atomic mass is 19.4. The lowest BCUT2D eigenvalue weighted by atomic mass is 9.80. The summed E-state index contributed by atoms with van der Waals surface area (Å²) < 4.78 is 36.9. The van der Waals surface area contributed by atoms with Gasteiger partial charge in [-0.2, -0.15) is 13.2 Å². The van der Waals surface area contributed by atoms with E-state index in [1.165, 1.54) is 0 Å². The van der Waals surface area contributed by atoms with Gasteiger partial charge in [0.05, 0.1) is 0 Å². The molecule has 98 valence electrons. The van der Waals surface area contributed by atoms with Gasteiger partial charge in [0.1, 0.15) is 5.54 Å². The average Bonchev–Trinajstić information content (AvgIpc) is 2.26. The molecule has 1 saturated carbocycles. The van der Waals surface area contributed by atoms with Crippen LogP contribution in [0.25, 0.3) is 0 Å². The minimum Gasteiger partial charge on any atom is -0.479 e. The molecule has 0 unspecified atom stereocenters. The zero-order valence-corrected chi connectivity index (χ0v) is 9.38. The summed E-state index contributed by atoms with van der Waals surface area (Å²) >= 11 is 0. The van der Waals surface area contributed by atoms with E-state index in [0.29, 0.717) is 17.7 Å². The fraction of sp³-hybridized carbons (Fsp3) is 0.800. The lowest BCUT2D eigenvalue weighted by molar-refractivity contribution is -0.194. The molecule has 17 heavy (non-hydrogen) atoms. The summed E-state index contributed by atoms with van der Waals surface area (Å²) in [6, 6.07) is 0. The molecule has 1 rings (SSSR count). The highest BCUT2D eigenvalue weighted by molar-refractivity contribution is 5.89. The van der Waals surface area contributed by atoms with E-state index in [2.05, 4.69) is 0 Å². The first-order chi connectivity index (χ1) is 7.72. The van der Waals surface area contributed by atoms with Crippen molar-refractivity contribution in [2.75, 3.05) is 7.05 Å². The molecule has 0 heterocycles. The molecule has 1 N–H and O–H groups in total. The van der Waals surface area contributed by atoms with Crippen LogP contribution in [-0.4, -0.2) is 40.6 Å². The summed E-state index contributed by atoms with van der Waals surface area (Å²) in [7, 11) is 0.912. The van der Waals surface area contributed by atoms with Crippen molar-refractivity contribution in [3.63, 3.8) is 0 Å². The van der Waals surface area contributed by atoms with Crippen LogP contribution in [0.3, 0.4) is 0 Å². The summed E-state index contributed by atoms with van der Waals surface area (Å²) in [5.41, 5.74) is -1.70. The van der Waals surface area contributed by atoms with E-state index in [0.717, 1.165) is 13.5 Å². The Bertz CT molecular complexity index is 321. The summed E-state index contributed by atoms with van der Waals surface area (Å²) in [6.45, 7) is 0. The highest BCUT2D eigenvalue weighted by Gasteiger charge is 2.52. The summed E-state index contributed by atoms with van der Waals surface area (Å²) in [4.78, 5) is 22.6. The topological polar surface area (TPSA) is 57.6 Å². The van der Waals surface area contributed by atoms with Gasteiger partial charge in [0.2, 0.25) is 0 Å². The van der Waals surface area contributed by atoms with Crippen molar-refractivity contribution in [1.29, 1.82) is 0 Å². The van der Waals surface area contributed by atoms with Crippen LogP contribution in [0.4, 0.5) is 13.2 Å². The first kappa shape index (κ1) is 13.8. The number of likely N-dealkylation sites (N-methyl/N-ethyl adjacent to an activating group) is 1. The van der Waals surface area contributed by atoms with Crippen LogP contribution < -0.4 is 0 Å². The number of halogens is 3. The van der Waals surface area contributed by atoms with Crippen molar-refractivity contribution in [3.8, 4) is 0 Å². The molecule has 0 spiro atoms. The van der Waals surface area contributed by atoms with Crippen LogP contribution in [-0.2, 0) is 9.59 Å². The third-order valence-corrected chi connectivity index (χ3v) is 3.27. The summed E-state index contributed by atoms with van der Waals surface area (Å²) in [5, 5.41) is 9.11. The number of aliphatic carboxylic acids is 1. The molecule has 0 atom stereocenters. The second kappa shape index (κ2) is 4.54. The molecule has 4 nitrogen and oxygen atoms in total. The zero-order valence-electron chi connectivity index (χ0n) is 9.38. The lowest BCUT2D eigenvalue weighted by Crippen LogP contribution is -2.59. The zero-order chi connectivity index (χ0) is 13.3. The maximum atomic E-state index is 12.3. The predicted octanol–water partition coefficient (Wildman–Crippen LogP) is 1.79. The SMILES string of the molecule is CN(C(=O)C(F)(F)F)C1(C(=O)O)CCCCC1. The normalized spacial score (nSPS) is 19.8. The highest BCUT2D eigenvalue weighted by Crippen LogP contribution is 2.35. The number of rotatable bonds is 2. The molecule has 1 aliphatic rings. The number of carbonyl (C=O) groups is 2. The van der Waals surface area contributed by atoms with Crippen LogP contribution in [0.1, 0.15) is 32.1 Å². The van der Waals surface area contributed by atoms with Crippen LogP contribution in [0, 0.1) is 0 Å². The number of hydrogen-bond acceptors (Lipinski definition) is 2. The Morgan fingerprint density at radius 2 is 1.65 bits per heavy atom. The van der Waals surface area contributed by atoms with Gasteiger partial charge in [-0.05, 0) is 12.8 Å². The summed E-state index contributed by atoms with van der Waals surface area (Å²) in [6.07, 6.45) is -3.08. The van der Waals surface area contributed by atoms with E-state index < -0.39 is 23.6 Å². The van der Waals surface area contributed by atoms with Crippen molar-refractivity contribution in [1.82, 2.24) is 4.90 Å². The number of carboxylic acid groups (broad SMARTS) is 1. The Labute approximate surface area is 96.4 Å². The smallest absolute Gasteiger partial charge is 0.471 e. The molecule has 0 aromatic carbocycles. The molecular formula is C10H14F3NO3. The van der Waals surface area contributed by atoms with E-state index in [-0.39, 0.29) is 12.8 Å². The predicted molar refractivity (Wildman–Crippen MR) is 52.3 cm³/mol. The van der Waals surface area contributed by atoms with E-state index in [1.807, 2.05) is 0 Å². The number of hydrogen-bond donors (Lipinski definition) is 1. The lowest BCUT2D eigenvalue weighted by Gasteiger charge is -2.41. The Balaban J connectivity index is 2.99. The number of alkyl halides is 3. The third kappa shape index (κ3) is 2.53. The standard InChI is InChI=1S/C10H14F3NO3/c1-14(7(15)10(11,12)13)9(8(16)17)5-3-2-4-6-9/h2-6H2,1H3,(H,16,17). The Morgan fingerprint density at radius 1 is 1.18 bits per heavy atom. The van der Waals surface area contributed by atoms with Gasteiger partial charge < -0.3 is 10.0 Å². The van der Waals surface area contributed by atoms with Gasteiger partial charge in [-0.25, -0.2) is 4.79 Å². The van der Waals surface area contributed by atoms with Gasteiger partial charge in [0.25, 0.3) is 0 Å². The minimum absolute atomic E-state index is 0.0701. The Kier molecular flexibility index (Phi) is 3.68. The molecule has 0 bridgehead atoms. The maximum Gasteiger partial charge on any atom is 0.471 e. The number of carbonyl (C=O) groups excluding carboxylic acids is 1. The number of amides is 1. The van der Waals surface area contributed by atoms with Crippen molar-refractivity contribution >= 4 is 11.9 Å². The monoisotopic (exact) mass is 253 g/mol. The van der Waals surface area contributed by atoms with Crippen molar-refractivity contribution in [2.45, 2.75) is 43.8 Å². The molecule has 7 heteroatoms. The van der Waals surface area contributed by atoms with Crippen molar-refractivity contribution in [3.05, 3.63) is 0 Å². The number of carboxylic acids is 1. The fourth-order valence-corrected chi connectivity index (χ4v) is 2.21. The Hall–Kier alpha value is -1.27. The van der Waals surface area contributed by atoms with Crippen molar-refractivity contribution in [2.24, 2.45) is 0 Å². The second-order valence-corrected chi connectivity index (χ2v) is 4.26. The van der Waals surface area contributed by atoms with Crippen LogP contribution in [0.2, 0.25) is 0 Å².